The second-order valence-corrected chi connectivity index (χ2v) is 2.88. The van der Waals surface area contributed by atoms with E-state index in [0.29, 0.717) is 10.0 Å². The van der Waals surface area contributed by atoms with Crippen LogP contribution in [0.3, 0.4) is 0 Å². The van der Waals surface area contributed by atoms with Crippen LogP contribution in [0.5, 0.6) is 5.75 Å². The lowest BCUT2D eigenvalue weighted by Gasteiger charge is -1.95. The summed E-state index contributed by atoms with van der Waals surface area (Å²) in [6, 6.07) is 6.53. The summed E-state index contributed by atoms with van der Waals surface area (Å²) in [5.74, 6) is 5.04. The van der Waals surface area contributed by atoms with Gasteiger partial charge in [0.1, 0.15) is 5.75 Å². The molecule has 0 aliphatic heterocycles. The van der Waals surface area contributed by atoms with Crippen LogP contribution >= 0.6 is 15.9 Å². The number of rotatable bonds is 0. The summed E-state index contributed by atoms with van der Waals surface area (Å²) in [6.07, 6.45) is 0. The van der Waals surface area contributed by atoms with Crippen molar-refractivity contribution in [2.24, 2.45) is 0 Å². The van der Waals surface area contributed by atoms with Gasteiger partial charge in [-0.3, -0.25) is 0 Å². The van der Waals surface area contributed by atoms with Crippen LogP contribution in [0.2, 0.25) is 0 Å². The molecule has 0 heterocycles. The molecule has 0 aliphatic carbocycles. The molecule has 0 unspecified atom stereocenters. The van der Waals surface area contributed by atoms with E-state index in [9.17, 15) is 0 Å². The van der Waals surface area contributed by atoms with E-state index in [-0.39, 0.29) is 5.75 Å². The molecule has 0 radical (unpaired) electrons. The molecular weight excluding hydrogens is 218 g/mol. The number of halogens is 1. The standard InChI is InChI=1S/C9H4BrNO/c10-8-6-7(2-1-5-11)3-4-9(8)12/h3-4,6,12H. The highest BCUT2D eigenvalue weighted by atomic mass is 79.9. The molecule has 0 aromatic heterocycles. The summed E-state index contributed by atoms with van der Waals surface area (Å²) in [5.41, 5.74) is 0.696. The van der Waals surface area contributed by atoms with Crippen LogP contribution < -0.4 is 0 Å². The SMILES string of the molecule is N#CC#Cc1ccc(O)c(Br)c1. The van der Waals surface area contributed by atoms with Crippen molar-refractivity contribution < 1.29 is 5.11 Å². The average molecular weight is 222 g/mol. The van der Waals surface area contributed by atoms with Crippen molar-refractivity contribution in [3.63, 3.8) is 0 Å². The van der Waals surface area contributed by atoms with Crippen LogP contribution in [0.4, 0.5) is 0 Å². The third kappa shape index (κ3) is 2.02. The number of nitriles is 1. The Hall–Kier alpha value is -1.45. The van der Waals surface area contributed by atoms with Crippen LogP contribution in [0.15, 0.2) is 22.7 Å². The van der Waals surface area contributed by atoms with Crippen LogP contribution in [0.25, 0.3) is 0 Å². The first-order valence-corrected chi connectivity index (χ1v) is 3.92. The molecule has 0 saturated carbocycles. The Morgan fingerprint density at radius 1 is 1.42 bits per heavy atom. The lowest BCUT2D eigenvalue weighted by atomic mass is 10.2. The zero-order valence-corrected chi connectivity index (χ0v) is 7.59. The molecule has 58 valence electrons. The van der Waals surface area contributed by atoms with Crippen molar-refractivity contribution in [3.05, 3.63) is 28.2 Å². The number of hydrogen-bond acceptors (Lipinski definition) is 2. The molecule has 0 aliphatic rings. The summed E-state index contributed by atoms with van der Waals surface area (Å²) in [7, 11) is 0. The Balaban J connectivity index is 3.07. The molecule has 0 amide bonds. The second kappa shape index (κ2) is 3.80. The molecular formula is C9H4BrNO. The van der Waals surface area contributed by atoms with Crippen LogP contribution in [0.1, 0.15) is 5.56 Å². The van der Waals surface area contributed by atoms with E-state index in [2.05, 4.69) is 27.8 Å². The summed E-state index contributed by atoms with van der Waals surface area (Å²) in [5, 5.41) is 17.3. The van der Waals surface area contributed by atoms with E-state index in [1.54, 1.807) is 18.2 Å². The molecule has 1 rings (SSSR count). The predicted octanol–water partition coefficient (Wildman–Crippen LogP) is 2.03. The number of nitrogens with zero attached hydrogens (tertiary/aromatic N) is 1. The van der Waals surface area contributed by atoms with Crippen molar-refractivity contribution in [1.29, 1.82) is 5.26 Å². The number of aromatic hydroxyl groups is 1. The average Bonchev–Trinajstić information content (AvgIpc) is 2.07. The molecule has 0 saturated heterocycles. The zero-order chi connectivity index (χ0) is 8.97. The highest BCUT2D eigenvalue weighted by Gasteiger charge is 1.95. The Bertz CT molecular complexity index is 395. The third-order valence-electron chi connectivity index (χ3n) is 1.21. The Morgan fingerprint density at radius 3 is 2.75 bits per heavy atom. The zero-order valence-electron chi connectivity index (χ0n) is 6.00. The van der Waals surface area contributed by atoms with Crippen LogP contribution in [0, 0.1) is 23.2 Å². The number of phenols is 1. The fourth-order valence-electron chi connectivity index (χ4n) is 0.685. The van der Waals surface area contributed by atoms with Crippen molar-refractivity contribution in [3.8, 4) is 23.7 Å². The largest absolute Gasteiger partial charge is 0.507 e. The minimum Gasteiger partial charge on any atom is -0.507 e. The van der Waals surface area contributed by atoms with Crippen molar-refractivity contribution >= 4 is 15.9 Å². The fraction of sp³-hybridized carbons (Fsp3) is 0. The van der Waals surface area contributed by atoms with Crippen molar-refractivity contribution in [2.45, 2.75) is 0 Å². The minimum atomic E-state index is 0.164. The topological polar surface area (TPSA) is 44.0 Å². The molecule has 1 aromatic rings. The van der Waals surface area contributed by atoms with Gasteiger partial charge in [-0.15, -0.1) is 0 Å². The van der Waals surface area contributed by atoms with Gasteiger partial charge in [0.05, 0.1) is 4.47 Å². The Labute approximate surface area is 78.6 Å². The predicted molar refractivity (Wildman–Crippen MR) is 48.3 cm³/mol. The molecule has 0 atom stereocenters. The monoisotopic (exact) mass is 221 g/mol. The summed E-state index contributed by atoms with van der Waals surface area (Å²) < 4.78 is 0.576. The normalized spacial score (nSPS) is 8.00. The van der Waals surface area contributed by atoms with E-state index in [4.69, 9.17) is 10.4 Å². The first-order valence-electron chi connectivity index (χ1n) is 3.12. The maximum Gasteiger partial charge on any atom is 0.152 e. The molecule has 1 N–H and O–H groups in total. The number of phenolic OH excluding ortho intramolecular Hbond substituents is 1. The van der Waals surface area contributed by atoms with Gasteiger partial charge in [0.2, 0.25) is 0 Å². The minimum absolute atomic E-state index is 0.164. The van der Waals surface area contributed by atoms with E-state index in [1.165, 1.54) is 6.07 Å². The Kier molecular flexibility index (Phi) is 2.74. The first kappa shape index (κ1) is 8.64. The fourth-order valence-corrected chi connectivity index (χ4v) is 1.06. The van der Waals surface area contributed by atoms with Crippen molar-refractivity contribution in [1.82, 2.24) is 0 Å². The highest BCUT2D eigenvalue weighted by molar-refractivity contribution is 9.10. The van der Waals surface area contributed by atoms with E-state index in [1.807, 2.05) is 0 Å². The Morgan fingerprint density at radius 2 is 2.17 bits per heavy atom. The molecule has 0 bridgehead atoms. The number of benzene rings is 1. The molecule has 0 spiro atoms. The molecule has 0 fully saturated rings. The van der Waals surface area contributed by atoms with Gasteiger partial charge in [-0.05, 0) is 34.1 Å². The maximum atomic E-state index is 9.11. The summed E-state index contributed by atoms with van der Waals surface area (Å²) >= 11 is 3.14. The molecule has 1 aromatic carbocycles. The van der Waals surface area contributed by atoms with Gasteiger partial charge in [-0.2, -0.15) is 5.26 Å². The van der Waals surface area contributed by atoms with Gasteiger partial charge in [-0.25, -0.2) is 0 Å². The van der Waals surface area contributed by atoms with E-state index >= 15 is 0 Å². The number of hydrogen-bond donors (Lipinski definition) is 1. The van der Waals surface area contributed by atoms with E-state index < -0.39 is 0 Å². The lowest BCUT2D eigenvalue weighted by molar-refractivity contribution is 0.472. The van der Waals surface area contributed by atoms with E-state index in [0.717, 1.165) is 0 Å². The second-order valence-electron chi connectivity index (χ2n) is 2.03. The highest BCUT2D eigenvalue weighted by Crippen LogP contribution is 2.23. The molecule has 3 heteroatoms. The summed E-state index contributed by atoms with van der Waals surface area (Å²) in [6.45, 7) is 0. The van der Waals surface area contributed by atoms with Gasteiger partial charge in [0.15, 0.2) is 6.07 Å². The van der Waals surface area contributed by atoms with Crippen LogP contribution in [-0.2, 0) is 0 Å². The summed E-state index contributed by atoms with van der Waals surface area (Å²) in [4.78, 5) is 0. The van der Waals surface area contributed by atoms with Gasteiger partial charge >= 0.3 is 0 Å². The van der Waals surface area contributed by atoms with Gasteiger partial charge in [0, 0.05) is 11.5 Å². The molecule has 12 heavy (non-hydrogen) atoms. The van der Waals surface area contributed by atoms with Gasteiger partial charge < -0.3 is 5.11 Å². The lowest BCUT2D eigenvalue weighted by Crippen LogP contribution is -1.74. The smallest absolute Gasteiger partial charge is 0.152 e. The van der Waals surface area contributed by atoms with Crippen molar-refractivity contribution in [2.75, 3.05) is 0 Å². The van der Waals surface area contributed by atoms with Crippen LogP contribution in [-0.4, -0.2) is 5.11 Å². The quantitative estimate of drug-likeness (QED) is 0.682. The first-order chi connectivity index (χ1) is 5.74. The third-order valence-corrected chi connectivity index (χ3v) is 1.85. The van der Waals surface area contributed by atoms with Gasteiger partial charge in [-0.1, -0.05) is 5.92 Å². The van der Waals surface area contributed by atoms with Gasteiger partial charge in [0.25, 0.3) is 0 Å². The maximum absolute atomic E-state index is 9.11. The molecule has 2 nitrogen and oxygen atoms in total.